The second-order valence-electron chi connectivity index (χ2n) is 7.21. The Morgan fingerprint density at radius 2 is 1.86 bits per heavy atom. The Bertz CT molecular complexity index is 638. The average Bonchev–Trinajstić information content (AvgIpc) is 2.59. The summed E-state index contributed by atoms with van der Waals surface area (Å²) in [6.45, 7) is 8.53. The van der Waals surface area contributed by atoms with Crippen LogP contribution in [-0.2, 0) is 14.4 Å². The van der Waals surface area contributed by atoms with Crippen LogP contribution in [0.5, 0.6) is 0 Å². The van der Waals surface area contributed by atoms with E-state index in [4.69, 9.17) is 11.0 Å². The van der Waals surface area contributed by atoms with Crippen molar-refractivity contribution < 1.29 is 23.2 Å². The van der Waals surface area contributed by atoms with Crippen molar-refractivity contribution in [2.75, 3.05) is 13.1 Å². The summed E-state index contributed by atoms with van der Waals surface area (Å²) in [5.74, 6) is -2.22. The van der Waals surface area contributed by atoms with Gasteiger partial charge in [-0.15, -0.1) is 0 Å². The van der Waals surface area contributed by atoms with Gasteiger partial charge in [0, 0.05) is 19.2 Å². The minimum atomic E-state index is -2.98. The molecule has 0 saturated heterocycles. The van der Waals surface area contributed by atoms with Crippen LogP contribution in [0, 0.1) is 16.7 Å². The molecule has 0 saturated carbocycles. The molecule has 158 valence electrons. The van der Waals surface area contributed by atoms with Crippen molar-refractivity contribution in [2.45, 2.75) is 59.5 Å². The van der Waals surface area contributed by atoms with Gasteiger partial charge in [0.25, 0.3) is 12.3 Å². The summed E-state index contributed by atoms with van der Waals surface area (Å²) >= 11 is 0. The van der Waals surface area contributed by atoms with Crippen LogP contribution in [0.3, 0.4) is 0 Å². The highest BCUT2D eigenvalue weighted by molar-refractivity contribution is 5.99. The molecule has 4 N–H and O–H groups in total. The van der Waals surface area contributed by atoms with Crippen molar-refractivity contribution in [1.82, 2.24) is 15.5 Å². The highest BCUT2D eigenvalue weighted by Crippen LogP contribution is 2.20. The number of hydrogen-bond acceptors (Lipinski definition) is 5. The van der Waals surface area contributed by atoms with E-state index >= 15 is 0 Å². The largest absolute Gasteiger partial charge is 0.350 e. The smallest absolute Gasteiger partial charge is 0.267 e. The van der Waals surface area contributed by atoms with Gasteiger partial charge in [0.15, 0.2) is 0 Å². The fourth-order valence-electron chi connectivity index (χ4n) is 2.18. The van der Waals surface area contributed by atoms with Gasteiger partial charge < -0.3 is 21.3 Å². The third-order valence-corrected chi connectivity index (χ3v) is 3.99. The van der Waals surface area contributed by atoms with Crippen LogP contribution in [0.25, 0.3) is 0 Å². The first-order chi connectivity index (χ1) is 12.9. The molecule has 0 heterocycles. The lowest BCUT2D eigenvalue weighted by Gasteiger charge is -2.34. The topological polar surface area (TPSA) is 128 Å². The molecule has 2 atom stereocenters. The lowest BCUT2D eigenvalue weighted by molar-refractivity contribution is -0.142. The summed E-state index contributed by atoms with van der Waals surface area (Å²) in [5.41, 5.74) is 4.78. The van der Waals surface area contributed by atoms with Gasteiger partial charge in [-0.05, 0) is 19.3 Å². The van der Waals surface area contributed by atoms with E-state index in [-0.39, 0.29) is 19.5 Å². The number of nitriles is 1. The van der Waals surface area contributed by atoms with Crippen molar-refractivity contribution >= 4 is 17.7 Å². The standard InChI is InChI=1S/C18H29F2N5O3/c1-6-25(17(28)14(22)18(3,4)5)11(2)15(26)24-12(10-13(19)20)16(27)23-9-7-8-21/h10-11,13-14H,6-7,9,22H2,1-5H3,(H,23,27)(H,24,26)/b12-10+/t11-,14+/m0/s1. The van der Waals surface area contributed by atoms with Gasteiger partial charge in [0.2, 0.25) is 11.8 Å². The van der Waals surface area contributed by atoms with Gasteiger partial charge in [-0.1, -0.05) is 20.8 Å². The normalized spacial score (nSPS) is 14.1. The summed E-state index contributed by atoms with van der Waals surface area (Å²) in [6.07, 6.45) is -2.70. The Balaban J connectivity index is 5.35. The van der Waals surface area contributed by atoms with Crippen LogP contribution in [0.15, 0.2) is 11.8 Å². The SMILES string of the molecule is CCN(C(=O)[C@@H](N)C(C)(C)C)[C@@H](C)C(=O)N/C(=C/C(F)F)C(=O)NCCC#N. The minimum absolute atomic E-state index is 0.0130. The van der Waals surface area contributed by atoms with E-state index in [0.29, 0.717) is 6.08 Å². The molecule has 8 nitrogen and oxygen atoms in total. The Hall–Kier alpha value is -2.54. The van der Waals surface area contributed by atoms with Crippen LogP contribution in [0.2, 0.25) is 0 Å². The summed E-state index contributed by atoms with van der Waals surface area (Å²) in [6, 6.07) is -0.117. The van der Waals surface area contributed by atoms with E-state index in [1.165, 1.54) is 11.8 Å². The van der Waals surface area contributed by atoms with Gasteiger partial charge in [-0.25, -0.2) is 8.78 Å². The van der Waals surface area contributed by atoms with E-state index in [2.05, 4.69) is 10.6 Å². The monoisotopic (exact) mass is 401 g/mol. The zero-order chi connectivity index (χ0) is 22.1. The molecule has 0 spiro atoms. The number of allylic oxidation sites excluding steroid dienone is 1. The number of nitrogens with one attached hydrogen (secondary N) is 2. The molecule has 0 aromatic carbocycles. The van der Waals surface area contributed by atoms with Crippen molar-refractivity contribution in [1.29, 1.82) is 5.26 Å². The van der Waals surface area contributed by atoms with E-state index in [9.17, 15) is 23.2 Å². The van der Waals surface area contributed by atoms with Crippen LogP contribution < -0.4 is 16.4 Å². The maximum absolute atomic E-state index is 12.7. The number of alkyl halides is 2. The maximum Gasteiger partial charge on any atom is 0.267 e. The maximum atomic E-state index is 12.7. The number of carbonyl (C=O) groups excluding carboxylic acids is 3. The first kappa shape index (κ1) is 25.5. The molecule has 0 aliphatic heterocycles. The Morgan fingerprint density at radius 3 is 2.29 bits per heavy atom. The molecular weight excluding hydrogens is 372 g/mol. The number of hydrogen-bond donors (Lipinski definition) is 3. The number of nitrogens with zero attached hydrogens (tertiary/aromatic N) is 2. The average molecular weight is 401 g/mol. The quantitative estimate of drug-likeness (QED) is 0.390. The zero-order valence-electron chi connectivity index (χ0n) is 16.9. The van der Waals surface area contributed by atoms with Crippen LogP contribution in [0.4, 0.5) is 8.78 Å². The molecule has 3 amide bonds. The van der Waals surface area contributed by atoms with Gasteiger partial charge in [0.1, 0.15) is 11.7 Å². The predicted octanol–water partition coefficient (Wildman–Crippen LogP) is 0.892. The van der Waals surface area contributed by atoms with E-state index < -0.39 is 47.3 Å². The minimum Gasteiger partial charge on any atom is -0.350 e. The van der Waals surface area contributed by atoms with Crippen LogP contribution in [-0.4, -0.2) is 54.2 Å². The molecule has 0 aromatic rings. The van der Waals surface area contributed by atoms with E-state index in [0.717, 1.165) is 0 Å². The van der Waals surface area contributed by atoms with Gasteiger partial charge >= 0.3 is 0 Å². The molecule has 10 heteroatoms. The fourth-order valence-corrected chi connectivity index (χ4v) is 2.18. The van der Waals surface area contributed by atoms with Crippen molar-refractivity contribution in [3.8, 4) is 6.07 Å². The van der Waals surface area contributed by atoms with E-state index in [1.54, 1.807) is 33.8 Å². The molecule has 0 rings (SSSR count). The van der Waals surface area contributed by atoms with Gasteiger partial charge in [0.05, 0.1) is 18.5 Å². The highest BCUT2D eigenvalue weighted by Gasteiger charge is 2.34. The second kappa shape index (κ2) is 11.3. The number of rotatable bonds is 9. The zero-order valence-corrected chi connectivity index (χ0v) is 16.9. The molecule has 0 aliphatic rings. The molecule has 0 unspecified atom stereocenters. The third kappa shape index (κ3) is 8.00. The molecule has 0 aliphatic carbocycles. The Labute approximate surface area is 164 Å². The number of carbonyl (C=O) groups is 3. The lowest BCUT2D eigenvalue weighted by Crippen LogP contribution is -2.56. The number of halogens is 2. The van der Waals surface area contributed by atoms with Gasteiger partial charge in [-0.3, -0.25) is 14.4 Å². The molecule has 28 heavy (non-hydrogen) atoms. The second-order valence-corrected chi connectivity index (χ2v) is 7.21. The van der Waals surface area contributed by atoms with Crippen molar-refractivity contribution in [3.63, 3.8) is 0 Å². The third-order valence-electron chi connectivity index (χ3n) is 3.99. The molecule has 0 fully saturated rings. The first-order valence-corrected chi connectivity index (χ1v) is 8.88. The molecule has 0 radical (unpaired) electrons. The predicted molar refractivity (Wildman–Crippen MR) is 99.7 cm³/mol. The number of nitrogens with two attached hydrogens (primary N) is 1. The summed E-state index contributed by atoms with van der Waals surface area (Å²) in [4.78, 5) is 38.3. The summed E-state index contributed by atoms with van der Waals surface area (Å²) < 4.78 is 25.5. The molecule has 0 aromatic heterocycles. The summed E-state index contributed by atoms with van der Waals surface area (Å²) in [7, 11) is 0. The fraction of sp³-hybridized carbons (Fsp3) is 0.667. The number of amides is 3. The Kier molecular flexibility index (Phi) is 10.3. The summed E-state index contributed by atoms with van der Waals surface area (Å²) in [5, 5.41) is 12.9. The first-order valence-electron chi connectivity index (χ1n) is 8.88. The Morgan fingerprint density at radius 1 is 1.29 bits per heavy atom. The molecular formula is C18H29F2N5O3. The van der Waals surface area contributed by atoms with Crippen LogP contribution in [0.1, 0.15) is 41.0 Å². The van der Waals surface area contributed by atoms with E-state index in [1.807, 2.05) is 0 Å². The lowest BCUT2D eigenvalue weighted by atomic mass is 9.86. The van der Waals surface area contributed by atoms with Gasteiger partial charge in [-0.2, -0.15) is 5.26 Å². The van der Waals surface area contributed by atoms with Crippen molar-refractivity contribution in [3.05, 3.63) is 11.8 Å². The molecule has 0 bridgehead atoms. The highest BCUT2D eigenvalue weighted by atomic mass is 19.3. The van der Waals surface area contributed by atoms with Crippen LogP contribution >= 0.6 is 0 Å². The van der Waals surface area contributed by atoms with Crippen molar-refractivity contribution in [2.24, 2.45) is 11.1 Å². The number of likely N-dealkylation sites (N-methyl/N-ethyl adjacent to an activating group) is 1.